The molecule has 1 aromatic carbocycles. The van der Waals surface area contributed by atoms with Crippen LogP contribution < -0.4 is 9.62 Å². The Bertz CT molecular complexity index is 943. The molecule has 2 fully saturated rings. The Labute approximate surface area is 174 Å². The van der Waals surface area contributed by atoms with Gasteiger partial charge in [0.15, 0.2) is 0 Å². The lowest BCUT2D eigenvalue weighted by Gasteiger charge is -2.26. The summed E-state index contributed by atoms with van der Waals surface area (Å²) in [5, 5.41) is 5.18. The maximum atomic E-state index is 11.6. The van der Waals surface area contributed by atoms with E-state index in [-0.39, 0.29) is 14.9 Å². The van der Waals surface area contributed by atoms with Gasteiger partial charge in [-0.3, -0.25) is 0 Å². The Balaban J connectivity index is 1.46. The monoisotopic (exact) mass is 417 g/mol. The van der Waals surface area contributed by atoms with Crippen molar-refractivity contribution < 1.29 is 8.42 Å². The minimum Gasteiger partial charge on any atom is -0.303 e. The van der Waals surface area contributed by atoms with Crippen LogP contribution in [0.1, 0.15) is 45.1 Å². The maximum Gasteiger partial charge on any atom is 0.261 e. The molecule has 7 heteroatoms. The van der Waals surface area contributed by atoms with Gasteiger partial charge >= 0.3 is 0 Å². The van der Waals surface area contributed by atoms with Crippen molar-refractivity contribution in [3.05, 3.63) is 41.1 Å². The average Bonchev–Trinajstić information content (AvgIpc) is 3.05. The van der Waals surface area contributed by atoms with Crippen molar-refractivity contribution in [3.8, 4) is 0 Å². The molecule has 29 heavy (non-hydrogen) atoms. The van der Waals surface area contributed by atoms with Crippen molar-refractivity contribution in [2.45, 2.75) is 44.9 Å². The first-order valence-corrected chi connectivity index (χ1v) is 12.2. The van der Waals surface area contributed by atoms with E-state index in [0.29, 0.717) is 0 Å². The number of sulfonamides is 1. The largest absolute Gasteiger partial charge is 0.303 e. The third-order valence-corrected chi connectivity index (χ3v) is 8.07. The number of nitrogens with two attached hydrogens (primary N) is 1. The fourth-order valence-electron chi connectivity index (χ4n) is 5.24. The summed E-state index contributed by atoms with van der Waals surface area (Å²) in [6.07, 6.45) is 8.51. The molecule has 3 unspecified atom stereocenters. The molecular formula is C22H33N4O2S+. The molecule has 3 atom stereocenters. The van der Waals surface area contributed by atoms with Gasteiger partial charge in [-0.25, -0.2) is 18.0 Å². The highest BCUT2D eigenvalue weighted by atomic mass is 32.2. The predicted molar refractivity (Wildman–Crippen MR) is 119 cm³/mol. The number of likely N-dealkylation sites (tertiary alicyclic amines) is 1. The lowest BCUT2D eigenvalue weighted by molar-refractivity contribution is 0.271. The van der Waals surface area contributed by atoms with Gasteiger partial charge in [-0.1, -0.05) is 45.2 Å². The summed E-state index contributed by atoms with van der Waals surface area (Å²) >= 11 is 0. The van der Waals surface area contributed by atoms with E-state index < -0.39 is 10.0 Å². The first kappa shape index (κ1) is 20.7. The van der Waals surface area contributed by atoms with E-state index in [4.69, 9.17) is 5.14 Å². The number of benzene rings is 1. The molecule has 3 aliphatic rings. The molecule has 0 spiro atoms. The number of unbranched alkanes of at least 4 members (excludes halogenated alkanes) is 3. The normalized spacial score (nSPS) is 33.7. The van der Waals surface area contributed by atoms with Crippen LogP contribution in [0.15, 0.2) is 40.5 Å². The van der Waals surface area contributed by atoms with Crippen LogP contribution in [-0.2, 0) is 15.4 Å². The molecule has 2 N–H and O–H groups in total. The summed E-state index contributed by atoms with van der Waals surface area (Å²) in [6, 6.07) is 8.54. The zero-order chi connectivity index (χ0) is 20.9. The van der Waals surface area contributed by atoms with Crippen molar-refractivity contribution in [1.29, 1.82) is 0 Å². The van der Waals surface area contributed by atoms with E-state index in [0.717, 1.165) is 17.5 Å². The molecule has 158 valence electrons. The molecule has 2 heterocycles. The zero-order valence-corrected chi connectivity index (χ0v) is 18.5. The van der Waals surface area contributed by atoms with E-state index in [9.17, 15) is 8.42 Å². The molecule has 0 aromatic heterocycles. The molecule has 0 radical (unpaired) electrons. The molecule has 4 rings (SSSR count). The number of rotatable bonds is 8. The van der Waals surface area contributed by atoms with E-state index in [1.54, 1.807) is 12.5 Å². The lowest BCUT2D eigenvalue weighted by Crippen LogP contribution is -2.36. The Kier molecular flexibility index (Phi) is 5.22. The number of quaternary nitrogens is 1. The van der Waals surface area contributed by atoms with Crippen LogP contribution in [0.5, 0.6) is 0 Å². The molecule has 2 aliphatic heterocycles. The molecule has 1 aliphatic carbocycles. The summed E-state index contributed by atoms with van der Waals surface area (Å²) in [7, 11) is -1.87. The van der Waals surface area contributed by atoms with Crippen LogP contribution >= 0.6 is 0 Å². The van der Waals surface area contributed by atoms with Crippen molar-refractivity contribution in [2.75, 3.05) is 26.7 Å². The molecular weight excluding hydrogens is 384 g/mol. The molecule has 1 saturated heterocycles. The third kappa shape index (κ3) is 3.69. The summed E-state index contributed by atoms with van der Waals surface area (Å²) in [4.78, 5) is 6.68. The molecule has 0 amide bonds. The second-order valence-electron chi connectivity index (χ2n) is 9.27. The standard InChI is InChI=1S/C22H33N4O2S/c1-4-5-6-7-11-25-13-19-20(14-25)22(19,2)17-9-8-10-18(12-17)26(3)15-21(24-16-26)29(23,27)28/h8-10,12,15-16,19-20H,4-7,11,13-14H2,1-3H3,(H2,23,27,28)/q+1. The van der Waals surface area contributed by atoms with Crippen molar-refractivity contribution in [1.82, 2.24) is 9.38 Å². The van der Waals surface area contributed by atoms with Crippen LogP contribution in [0.4, 0.5) is 5.69 Å². The first-order valence-electron chi connectivity index (χ1n) is 10.7. The van der Waals surface area contributed by atoms with Crippen molar-refractivity contribution >= 4 is 22.0 Å². The number of fused-ring (bicyclic) bond motifs is 1. The van der Waals surface area contributed by atoms with E-state index in [1.807, 2.05) is 13.1 Å². The maximum absolute atomic E-state index is 11.6. The Morgan fingerprint density at radius 3 is 2.59 bits per heavy atom. The van der Waals surface area contributed by atoms with E-state index in [1.165, 1.54) is 50.9 Å². The quantitative estimate of drug-likeness (QED) is 0.521. The third-order valence-electron chi connectivity index (χ3n) is 7.27. The fraction of sp³-hybridized carbons (Fsp3) is 0.591. The predicted octanol–water partition coefficient (Wildman–Crippen LogP) is 3.15. The second kappa shape index (κ2) is 7.30. The number of hydrogen-bond donors (Lipinski definition) is 1. The van der Waals surface area contributed by atoms with Crippen LogP contribution in [0.25, 0.3) is 0 Å². The summed E-state index contributed by atoms with van der Waals surface area (Å²) in [5.74, 6) is 1.44. The number of nitrogens with zero attached hydrogens (tertiary/aromatic N) is 3. The number of hydrogen-bond acceptors (Lipinski definition) is 4. The molecule has 6 nitrogen and oxygen atoms in total. The number of primary sulfonamides is 1. The Morgan fingerprint density at radius 2 is 1.97 bits per heavy atom. The highest BCUT2D eigenvalue weighted by Crippen LogP contribution is 2.63. The van der Waals surface area contributed by atoms with E-state index >= 15 is 0 Å². The van der Waals surface area contributed by atoms with Gasteiger partial charge < -0.3 is 4.90 Å². The van der Waals surface area contributed by atoms with Gasteiger partial charge in [-0.2, -0.15) is 4.99 Å². The summed E-state index contributed by atoms with van der Waals surface area (Å²) in [5.41, 5.74) is 2.58. The van der Waals surface area contributed by atoms with Crippen molar-refractivity contribution in [2.24, 2.45) is 22.0 Å². The Morgan fingerprint density at radius 1 is 1.24 bits per heavy atom. The second-order valence-corrected chi connectivity index (χ2v) is 10.8. The van der Waals surface area contributed by atoms with Crippen LogP contribution in [0, 0.1) is 11.8 Å². The Hall–Kier alpha value is -1.54. The van der Waals surface area contributed by atoms with E-state index in [2.05, 4.69) is 41.9 Å². The van der Waals surface area contributed by atoms with Crippen LogP contribution in [-0.4, -0.2) is 46.3 Å². The smallest absolute Gasteiger partial charge is 0.261 e. The summed E-state index contributed by atoms with van der Waals surface area (Å²) < 4.78 is 23.5. The van der Waals surface area contributed by atoms with Crippen molar-refractivity contribution in [3.63, 3.8) is 0 Å². The number of piperidine rings is 1. The van der Waals surface area contributed by atoms with Gasteiger partial charge in [0, 0.05) is 24.6 Å². The van der Waals surface area contributed by atoms with Crippen LogP contribution in [0.3, 0.4) is 0 Å². The van der Waals surface area contributed by atoms with Crippen LogP contribution in [0.2, 0.25) is 0 Å². The SMILES string of the molecule is CCCCCCN1CC2C(C1)C2(C)c1cccc([N+]2(C)C=NC(S(N)(=O)=O)=C2)c1. The minimum absolute atomic E-state index is 0.0707. The van der Waals surface area contributed by atoms with Gasteiger partial charge in [-0.15, -0.1) is 0 Å². The lowest BCUT2D eigenvalue weighted by atomic mass is 9.91. The topological polar surface area (TPSA) is 75.8 Å². The van der Waals surface area contributed by atoms with Gasteiger partial charge in [0.05, 0.1) is 7.05 Å². The highest BCUT2D eigenvalue weighted by Gasteiger charge is 2.65. The van der Waals surface area contributed by atoms with Gasteiger partial charge in [0.1, 0.15) is 11.9 Å². The van der Waals surface area contributed by atoms with Gasteiger partial charge in [0.2, 0.25) is 11.4 Å². The summed E-state index contributed by atoms with van der Waals surface area (Å²) in [6.45, 7) is 8.27. The molecule has 0 bridgehead atoms. The highest BCUT2D eigenvalue weighted by molar-refractivity contribution is 7.93. The zero-order valence-electron chi connectivity index (χ0n) is 17.7. The van der Waals surface area contributed by atoms with Gasteiger partial charge in [0.25, 0.3) is 10.0 Å². The first-order chi connectivity index (χ1) is 13.7. The number of aliphatic imine (C=N–C) groups is 1. The minimum atomic E-state index is -3.80. The fourth-order valence-corrected chi connectivity index (χ4v) is 5.80. The van der Waals surface area contributed by atoms with Gasteiger partial charge in [-0.05, 0) is 36.4 Å². The molecule has 1 aromatic rings. The molecule has 1 saturated carbocycles. The average molecular weight is 418 g/mol.